The number of carboxylic acid groups (broad SMARTS) is 1. The molecule has 0 saturated carbocycles. The van der Waals surface area contributed by atoms with Crippen LogP contribution in [0.1, 0.15) is 35.7 Å². The zero-order valence-corrected chi connectivity index (χ0v) is 13.3. The quantitative estimate of drug-likeness (QED) is 0.761. The Morgan fingerprint density at radius 3 is 2.70 bits per heavy atom. The third kappa shape index (κ3) is 2.57. The van der Waals surface area contributed by atoms with Crippen LogP contribution in [-0.4, -0.2) is 20.7 Å². The van der Waals surface area contributed by atoms with E-state index in [0.717, 1.165) is 11.6 Å². The summed E-state index contributed by atoms with van der Waals surface area (Å²) in [7, 11) is 0. The Labute approximate surface area is 137 Å². The third-order valence-electron chi connectivity index (χ3n) is 3.70. The van der Waals surface area contributed by atoms with Crippen LogP contribution in [0, 0.1) is 5.82 Å². The SMILES string of the molecule is CC(C)c1c(C(=O)O)c(-c2ccc(F)cc2Cl)nn2cccc12. The molecule has 6 heteroatoms. The fourth-order valence-corrected chi connectivity index (χ4v) is 3.01. The number of aromatic nitrogens is 2. The van der Waals surface area contributed by atoms with Crippen molar-refractivity contribution < 1.29 is 14.3 Å². The Balaban J connectivity index is 2.44. The summed E-state index contributed by atoms with van der Waals surface area (Å²) in [4.78, 5) is 11.9. The van der Waals surface area contributed by atoms with Gasteiger partial charge in [-0.3, -0.25) is 0 Å². The molecule has 118 valence electrons. The number of halogens is 2. The maximum absolute atomic E-state index is 13.3. The van der Waals surface area contributed by atoms with E-state index in [-0.39, 0.29) is 22.2 Å². The lowest BCUT2D eigenvalue weighted by atomic mass is 9.93. The molecule has 23 heavy (non-hydrogen) atoms. The minimum Gasteiger partial charge on any atom is -0.478 e. The predicted octanol–water partition coefficient (Wildman–Crippen LogP) is 4.62. The molecule has 2 heterocycles. The Morgan fingerprint density at radius 2 is 2.09 bits per heavy atom. The van der Waals surface area contributed by atoms with E-state index < -0.39 is 11.8 Å². The van der Waals surface area contributed by atoms with Gasteiger partial charge >= 0.3 is 5.97 Å². The molecule has 1 N–H and O–H groups in total. The first-order chi connectivity index (χ1) is 10.9. The highest BCUT2D eigenvalue weighted by molar-refractivity contribution is 6.33. The van der Waals surface area contributed by atoms with Gasteiger partial charge in [0.15, 0.2) is 0 Å². The molecular formula is C17H14ClFN2O2. The molecule has 0 saturated heterocycles. The highest BCUT2D eigenvalue weighted by atomic mass is 35.5. The summed E-state index contributed by atoms with van der Waals surface area (Å²) in [6, 6.07) is 7.47. The van der Waals surface area contributed by atoms with E-state index in [0.29, 0.717) is 11.1 Å². The van der Waals surface area contributed by atoms with Gasteiger partial charge in [0.2, 0.25) is 0 Å². The molecule has 1 aromatic carbocycles. The van der Waals surface area contributed by atoms with E-state index in [1.807, 2.05) is 19.9 Å². The van der Waals surface area contributed by atoms with Gasteiger partial charge in [0.25, 0.3) is 0 Å². The molecular weight excluding hydrogens is 319 g/mol. The number of rotatable bonds is 3. The van der Waals surface area contributed by atoms with Gasteiger partial charge in [0.05, 0.1) is 16.1 Å². The Bertz CT molecular complexity index is 918. The van der Waals surface area contributed by atoms with Crippen LogP contribution in [0.25, 0.3) is 16.8 Å². The summed E-state index contributed by atoms with van der Waals surface area (Å²) in [5.41, 5.74) is 2.13. The second-order valence-corrected chi connectivity index (χ2v) is 5.97. The fourth-order valence-electron chi connectivity index (χ4n) is 2.76. The topological polar surface area (TPSA) is 54.6 Å². The molecule has 0 aliphatic carbocycles. The zero-order valence-electron chi connectivity index (χ0n) is 12.5. The van der Waals surface area contributed by atoms with Gasteiger partial charge in [-0.2, -0.15) is 5.10 Å². The molecule has 0 aliphatic rings. The van der Waals surface area contributed by atoms with Crippen molar-refractivity contribution in [2.24, 2.45) is 0 Å². The van der Waals surface area contributed by atoms with Crippen LogP contribution in [0.15, 0.2) is 36.5 Å². The van der Waals surface area contributed by atoms with Crippen LogP contribution in [-0.2, 0) is 0 Å². The average Bonchev–Trinajstić information content (AvgIpc) is 2.92. The number of hydrogen-bond acceptors (Lipinski definition) is 2. The lowest BCUT2D eigenvalue weighted by Gasteiger charge is -2.16. The molecule has 0 bridgehead atoms. The predicted molar refractivity (Wildman–Crippen MR) is 86.6 cm³/mol. The summed E-state index contributed by atoms with van der Waals surface area (Å²) < 4.78 is 14.9. The minimum atomic E-state index is -1.08. The van der Waals surface area contributed by atoms with Crippen molar-refractivity contribution in [2.45, 2.75) is 19.8 Å². The molecule has 0 aliphatic heterocycles. The summed E-state index contributed by atoms with van der Waals surface area (Å²) in [6.45, 7) is 3.84. The normalized spacial score (nSPS) is 11.3. The molecule has 0 atom stereocenters. The highest BCUT2D eigenvalue weighted by Gasteiger charge is 2.25. The maximum Gasteiger partial charge on any atom is 0.338 e. The van der Waals surface area contributed by atoms with E-state index in [4.69, 9.17) is 11.6 Å². The van der Waals surface area contributed by atoms with E-state index in [1.54, 1.807) is 16.8 Å². The zero-order chi connectivity index (χ0) is 16.7. The summed E-state index contributed by atoms with van der Waals surface area (Å²) in [6.07, 6.45) is 1.74. The monoisotopic (exact) mass is 332 g/mol. The van der Waals surface area contributed by atoms with Gasteiger partial charge in [-0.25, -0.2) is 13.7 Å². The molecule has 0 fully saturated rings. The molecule has 0 radical (unpaired) electrons. The van der Waals surface area contributed by atoms with Crippen molar-refractivity contribution >= 4 is 23.1 Å². The van der Waals surface area contributed by atoms with Crippen molar-refractivity contribution in [3.63, 3.8) is 0 Å². The first-order valence-corrected chi connectivity index (χ1v) is 7.48. The Morgan fingerprint density at radius 1 is 1.35 bits per heavy atom. The first-order valence-electron chi connectivity index (χ1n) is 7.10. The van der Waals surface area contributed by atoms with Crippen LogP contribution in [0.5, 0.6) is 0 Å². The molecule has 3 rings (SSSR count). The summed E-state index contributed by atoms with van der Waals surface area (Å²) in [5.74, 6) is -1.60. The molecule has 4 nitrogen and oxygen atoms in total. The lowest BCUT2D eigenvalue weighted by Crippen LogP contribution is -2.12. The molecule has 2 aromatic heterocycles. The van der Waals surface area contributed by atoms with Gasteiger partial charge < -0.3 is 5.11 Å². The molecule has 0 spiro atoms. The molecule has 3 aromatic rings. The van der Waals surface area contributed by atoms with E-state index in [2.05, 4.69) is 5.10 Å². The number of benzene rings is 1. The van der Waals surface area contributed by atoms with Crippen LogP contribution >= 0.6 is 11.6 Å². The van der Waals surface area contributed by atoms with Crippen molar-refractivity contribution in [3.8, 4) is 11.3 Å². The minimum absolute atomic E-state index is 0.0283. The number of carbonyl (C=O) groups is 1. The number of nitrogens with zero attached hydrogens (tertiary/aromatic N) is 2. The van der Waals surface area contributed by atoms with Crippen LogP contribution in [0.2, 0.25) is 5.02 Å². The highest BCUT2D eigenvalue weighted by Crippen LogP contribution is 2.35. The van der Waals surface area contributed by atoms with E-state index >= 15 is 0 Å². The van der Waals surface area contributed by atoms with E-state index in [9.17, 15) is 14.3 Å². The van der Waals surface area contributed by atoms with Gasteiger partial charge in [0.1, 0.15) is 11.5 Å². The Kier molecular flexibility index (Phi) is 3.82. The summed E-state index contributed by atoms with van der Waals surface area (Å²) in [5, 5.41) is 14.2. The average molecular weight is 333 g/mol. The van der Waals surface area contributed by atoms with Gasteiger partial charge in [-0.15, -0.1) is 0 Å². The van der Waals surface area contributed by atoms with Crippen LogP contribution < -0.4 is 0 Å². The lowest BCUT2D eigenvalue weighted by molar-refractivity contribution is 0.0695. The van der Waals surface area contributed by atoms with Gasteiger partial charge in [-0.1, -0.05) is 25.4 Å². The maximum atomic E-state index is 13.3. The largest absolute Gasteiger partial charge is 0.478 e. The standard InChI is InChI=1S/C17H14ClFN2O2/c1-9(2)14-13-4-3-7-21(13)20-16(15(14)17(22)23)11-6-5-10(19)8-12(11)18/h3-9H,1-2H3,(H,22,23). The first kappa shape index (κ1) is 15.5. The Hall–Kier alpha value is -2.40. The van der Waals surface area contributed by atoms with Crippen molar-refractivity contribution in [1.29, 1.82) is 0 Å². The fraction of sp³-hybridized carbons (Fsp3) is 0.176. The van der Waals surface area contributed by atoms with Gasteiger partial charge in [-0.05, 0) is 41.8 Å². The van der Waals surface area contributed by atoms with Crippen LogP contribution in [0.3, 0.4) is 0 Å². The third-order valence-corrected chi connectivity index (χ3v) is 4.01. The van der Waals surface area contributed by atoms with Crippen molar-refractivity contribution in [1.82, 2.24) is 9.61 Å². The second-order valence-electron chi connectivity index (χ2n) is 5.56. The number of fused-ring (bicyclic) bond motifs is 1. The van der Waals surface area contributed by atoms with Crippen molar-refractivity contribution in [2.75, 3.05) is 0 Å². The smallest absolute Gasteiger partial charge is 0.338 e. The van der Waals surface area contributed by atoms with Crippen molar-refractivity contribution in [3.05, 3.63) is 58.5 Å². The van der Waals surface area contributed by atoms with Crippen LogP contribution in [0.4, 0.5) is 4.39 Å². The number of carboxylic acids is 1. The second kappa shape index (κ2) is 5.66. The molecule has 0 amide bonds. The van der Waals surface area contributed by atoms with E-state index in [1.165, 1.54) is 12.1 Å². The van der Waals surface area contributed by atoms with Gasteiger partial charge in [0, 0.05) is 11.8 Å². The number of aromatic carboxylic acids is 1. The summed E-state index contributed by atoms with van der Waals surface area (Å²) >= 11 is 6.12. The number of hydrogen-bond donors (Lipinski definition) is 1. The molecule has 0 unspecified atom stereocenters.